The molecule has 1 aliphatic carbocycles. The maximum atomic E-state index is 13.2. The van der Waals surface area contributed by atoms with E-state index < -0.39 is 51.5 Å². The third-order valence-electron chi connectivity index (χ3n) is 6.38. The van der Waals surface area contributed by atoms with E-state index in [0.29, 0.717) is 18.3 Å². The van der Waals surface area contributed by atoms with Crippen molar-refractivity contribution in [3.63, 3.8) is 0 Å². The van der Waals surface area contributed by atoms with E-state index >= 15 is 0 Å². The van der Waals surface area contributed by atoms with Crippen LogP contribution >= 0.6 is 11.3 Å². The van der Waals surface area contributed by atoms with Gasteiger partial charge in [0.1, 0.15) is 17.8 Å². The van der Waals surface area contributed by atoms with Gasteiger partial charge in [0.2, 0.25) is 5.60 Å². The summed E-state index contributed by atoms with van der Waals surface area (Å²) in [6.07, 6.45) is 1.83. The summed E-state index contributed by atoms with van der Waals surface area (Å²) in [5.74, 6) is -3.37. The highest BCUT2D eigenvalue weighted by molar-refractivity contribution is 7.84. The standard InChI is InChI=1S/C19H24N10O8S2/c20-18-24-11(8-38-18)13(27-37-19(1-2-19)17(32)33)15(30)25-14-12(29(16(14)31)39(34,35)36)7-28-23-6-10(26-28)5-22-9-3-21-4-9/h6,8-9,12,14,21-22H,1-5,7H2,(H2,20,24)(H,25,30)(H,32,33)(H,34,35,36)/b27-13-/t12-,14+/m1/s1. The van der Waals surface area contributed by atoms with Crippen LogP contribution in [0.15, 0.2) is 16.7 Å². The van der Waals surface area contributed by atoms with Crippen LogP contribution in [-0.2, 0) is 42.6 Å². The number of rotatable bonds is 12. The number of β-lactam (4-membered cyclic amide) rings is 1. The summed E-state index contributed by atoms with van der Waals surface area (Å²) in [5.41, 5.74) is 4.13. The van der Waals surface area contributed by atoms with Crippen molar-refractivity contribution >= 4 is 50.3 Å². The number of aliphatic carboxylic acids is 1. The van der Waals surface area contributed by atoms with Crippen molar-refractivity contribution in [3.8, 4) is 0 Å². The van der Waals surface area contributed by atoms with Gasteiger partial charge in [-0.25, -0.2) is 14.1 Å². The number of anilines is 1. The fraction of sp³-hybridized carbons (Fsp3) is 0.526. The highest BCUT2D eigenvalue weighted by Gasteiger charge is 2.56. The molecule has 0 aromatic carbocycles. The van der Waals surface area contributed by atoms with Crippen molar-refractivity contribution in [2.24, 2.45) is 5.16 Å². The first-order chi connectivity index (χ1) is 18.5. The first-order valence-electron chi connectivity index (χ1n) is 11.6. The highest BCUT2D eigenvalue weighted by atomic mass is 32.2. The third-order valence-corrected chi connectivity index (χ3v) is 8.00. The number of thiazole rings is 1. The molecule has 3 aliphatic rings. The Morgan fingerprint density at radius 1 is 1.36 bits per heavy atom. The normalized spacial score (nSPS) is 22.6. The van der Waals surface area contributed by atoms with Gasteiger partial charge in [0.05, 0.1) is 18.4 Å². The molecule has 4 heterocycles. The Bertz CT molecular complexity index is 1430. The van der Waals surface area contributed by atoms with Crippen LogP contribution in [0.3, 0.4) is 0 Å². The predicted molar refractivity (Wildman–Crippen MR) is 131 cm³/mol. The second-order valence-electron chi connectivity index (χ2n) is 9.16. The lowest BCUT2D eigenvalue weighted by molar-refractivity contribution is -0.153. The number of hydrogen-bond acceptors (Lipinski definition) is 14. The van der Waals surface area contributed by atoms with E-state index in [-0.39, 0.29) is 34.5 Å². The summed E-state index contributed by atoms with van der Waals surface area (Å²) in [5, 5.41) is 31.6. The van der Waals surface area contributed by atoms with Crippen LogP contribution in [0.5, 0.6) is 0 Å². The number of aromatic nitrogens is 4. The minimum Gasteiger partial charge on any atom is -0.478 e. The first kappa shape index (κ1) is 26.9. The number of carbonyl (C=O) groups excluding carboxylic acids is 2. The molecule has 0 radical (unpaired) electrons. The van der Waals surface area contributed by atoms with E-state index in [0.717, 1.165) is 29.2 Å². The summed E-state index contributed by atoms with van der Waals surface area (Å²) < 4.78 is 33.6. The van der Waals surface area contributed by atoms with Crippen LogP contribution in [0, 0.1) is 0 Å². The minimum absolute atomic E-state index is 0.0429. The monoisotopic (exact) mass is 584 g/mol. The van der Waals surface area contributed by atoms with Gasteiger partial charge < -0.3 is 31.6 Å². The molecule has 18 nitrogen and oxygen atoms in total. The lowest BCUT2D eigenvalue weighted by Crippen LogP contribution is -2.73. The van der Waals surface area contributed by atoms with Crippen LogP contribution in [0.2, 0.25) is 0 Å². The number of hydrogen-bond donors (Lipinski definition) is 6. The van der Waals surface area contributed by atoms with Gasteiger partial charge in [-0.2, -0.15) is 23.4 Å². The van der Waals surface area contributed by atoms with Gasteiger partial charge in [-0.05, 0) is 0 Å². The summed E-state index contributed by atoms with van der Waals surface area (Å²) in [7, 11) is -4.97. The molecule has 0 bridgehead atoms. The number of amides is 2. The van der Waals surface area contributed by atoms with E-state index in [1.165, 1.54) is 11.6 Å². The molecule has 2 aliphatic heterocycles. The van der Waals surface area contributed by atoms with Gasteiger partial charge in [-0.1, -0.05) is 5.16 Å². The van der Waals surface area contributed by atoms with Crippen LogP contribution in [0.4, 0.5) is 5.13 Å². The molecule has 3 fully saturated rings. The molecule has 0 unspecified atom stereocenters. The molecule has 2 saturated heterocycles. The summed E-state index contributed by atoms with van der Waals surface area (Å²) in [6.45, 7) is 1.77. The quantitative estimate of drug-likeness (QED) is 0.0626. The minimum atomic E-state index is -4.97. The predicted octanol–water partition coefficient (Wildman–Crippen LogP) is -3.09. The van der Waals surface area contributed by atoms with Crippen molar-refractivity contribution in [1.29, 1.82) is 0 Å². The third kappa shape index (κ3) is 5.54. The zero-order chi connectivity index (χ0) is 27.9. The van der Waals surface area contributed by atoms with E-state index in [9.17, 15) is 32.5 Å². The Morgan fingerprint density at radius 3 is 2.67 bits per heavy atom. The van der Waals surface area contributed by atoms with Gasteiger partial charge in [-0.3, -0.25) is 14.1 Å². The molecule has 2 atom stereocenters. The van der Waals surface area contributed by atoms with Crippen LogP contribution in [0.25, 0.3) is 0 Å². The van der Waals surface area contributed by atoms with Crippen LogP contribution < -0.4 is 21.7 Å². The van der Waals surface area contributed by atoms with E-state index in [1.807, 2.05) is 0 Å². The topological polar surface area (TPSA) is 256 Å². The number of nitrogens with one attached hydrogen (secondary N) is 3. The number of carboxylic acids is 1. The second kappa shape index (κ2) is 10.1. The molecule has 2 aromatic rings. The van der Waals surface area contributed by atoms with Crippen molar-refractivity contribution < 1.29 is 37.3 Å². The van der Waals surface area contributed by atoms with Crippen molar-refractivity contribution in [2.45, 2.75) is 49.7 Å². The number of nitrogens with two attached hydrogens (primary N) is 1. The molecule has 20 heteroatoms. The Hall–Kier alpha value is -3.72. The molecule has 210 valence electrons. The zero-order valence-electron chi connectivity index (χ0n) is 20.1. The average molecular weight is 585 g/mol. The van der Waals surface area contributed by atoms with Gasteiger partial charge in [0.15, 0.2) is 10.8 Å². The van der Waals surface area contributed by atoms with Crippen molar-refractivity contribution in [1.82, 2.24) is 40.2 Å². The summed E-state index contributed by atoms with van der Waals surface area (Å²) in [6, 6.07) is -2.41. The smallest absolute Gasteiger partial charge is 0.362 e. The van der Waals surface area contributed by atoms with Crippen molar-refractivity contribution in [3.05, 3.63) is 23.0 Å². The number of oxime groups is 1. The Balaban J connectivity index is 1.33. The molecule has 2 aromatic heterocycles. The Morgan fingerprint density at radius 2 is 2.10 bits per heavy atom. The molecule has 7 N–H and O–H groups in total. The Kier molecular flexibility index (Phi) is 6.97. The molecule has 1 saturated carbocycles. The Labute approximate surface area is 224 Å². The number of carboxylic acid groups (broad SMARTS) is 1. The summed E-state index contributed by atoms with van der Waals surface area (Å²) in [4.78, 5) is 47.5. The number of carbonyl (C=O) groups is 3. The SMILES string of the molecule is Nc1nc(/C(=N/OC2(C(=O)O)CC2)C(=O)N[C@@H]2C(=O)N(S(=O)(=O)O)[C@@H]2Cn2ncc(CNC3CNC3)n2)cs1. The number of nitrogens with zero attached hydrogens (tertiary/aromatic N) is 6. The van der Waals surface area contributed by atoms with Gasteiger partial charge in [0.25, 0.3) is 11.8 Å². The van der Waals surface area contributed by atoms with E-state index in [4.69, 9.17) is 10.6 Å². The molecule has 39 heavy (non-hydrogen) atoms. The van der Waals surface area contributed by atoms with Crippen LogP contribution in [-0.4, -0.2) is 103 Å². The van der Waals surface area contributed by atoms with Gasteiger partial charge in [0, 0.05) is 43.9 Å². The maximum Gasteiger partial charge on any atom is 0.362 e. The van der Waals surface area contributed by atoms with Gasteiger partial charge in [-0.15, -0.1) is 11.3 Å². The molecular weight excluding hydrogens is 560 g/mol. The first-order valence-corrected chi connectivity index (χ1v) is 13.9. The molecular formula is C19H24N10O8S2. The van der Waals surface area contributed by atoms with E-state index in [1.54, 1.807) is 0 Å². The fourth-order valence-corrected chi connectivity index (χ4v) is 5.31. The van der Waals surface area contributed by atoms with E-state index in [2.05, 4.69) is 36.3 Å². The highest BCUT2D eigenvalue weighted by Crippen LogP contribution is 2.40. The average Bonchev–Trinajstić information content (AvgIpc) is 3.30. The molecule has 0 spiro atoms. The lowest BCUT2D eigenvalue weighted by atomic mass is 9.98. The fourth-order valence-electron chi connectivity index (χ4n) is 3.89. The lowest BCUT2D eigenvalue weighted by Gasteiger charge is -2.43. The summed E-state index contributed by atoms with van der Waals surface area (Å²) >= 11 is 0.982. The maximum absolute atomic E-state index is 13.2. The molecule has 5 rings (SSSR count). The zero-order valence-corrected chi connectivity index (χ0v) is 21.7. The largest absolute Gasteiger partial charge is 0.478 e. The van der Waals surface area contributed by atoms with Gasteiger partial charge >= 0.3 is 16.3 Å². The second-order valence-corrected chi connectivity index (χ2v) is 11.3. The number of nitrogen functional groups attached to an aromatic ring is 1. The molecule has 2 amide bonds. The van der Waals surface area contributed by atoms with Crippen molar-refractivity contribution in [2.75, 3.05) is 18.8 Å². The van der Waals surface area contributed by atoms with Crippen LogP contribution in [0.1, 0.15) is 24.2 Å².